The number of imide groups is 1. The fourth-order valence-electron chi connectivity index (χ4n) is 3.81. The second-order valence-electron chi connectivity index (χ2n) is 7.06. The molecule has 0 unspecified atom stereocenters. The Bertz CT molecular complexity index is 1230. The Morgan fingerprint density at radius 2 is 1.32 bits per heavy atom. The van der Waals surface area contributed by atoms with Gasteiger partial charge in [-0.15, -0.1) is 0 Å². The van der Waals surface area contributed by atoms with Crippen LogP contribution in [0.4, 0.5) is 11.4 Å². The van der Waals surface area contributed by atoms with E-state index in [1.54, 1.807) is 0 Å². The number of carbonyl (C=O) groups excluding carboxylic acids is 2. The molecule has 28 heavy (non-hydrogen) atoms. The van der Waals surface area contributed by atoms with Gasteiger partial charge >= 0.3 is 0 Å². The molecule has 1 atom stereocenters. The molecule has 1 aliphatic rings. The molecule has 1 heterocycles. The molecule has 0 radical (unpaired) electrons. The average Bonchev–Trinajstić information content (AvgIpc) is 3.00. The minimum absolute atomic E-state index is 0.151. The van der Waals surface area contributed by atoms with Crippen molar-refractivity contribution in [3.8, 4) is 0 Å². The van der Waals surface area contributed by atoms with Gasteiger partial charge in [0.25, 0.3) is 5.91 Å². The summed E-state index contributed by atoms with van der Waals surface area (Å²) in [6.07, 6.45) is 0.151. The van der Waals surface area contributed by atoms with E-state index in [2.05, 4.69) is 5.32 Å². The summed E-state index contributed by atoms with van der Waals surface area (Å²) in [5.74, 6) is -0.396. The van der Waals surface area contributed by atoms with Gasteiger partial charge in [0.1, 0.15) is 6.04 Å². The molecule has 1 fully saturated rings. The molecular formula is C24H18N2O2. The van der Waals surface area contributed by atoms with E-state index in [0.29, 0.717) is 5.69 Å². The van der Waals surface area contributed by atoms with Crippen LogP contribution in [0.25, 0.3) is 21.5 Å². The largest absolute Gasteiger partial charge is 0.373 e. The molecule has 4 aromatic rings. The standard InChI is InChI=1S/C24H18N2O2/c27-23-15-22(25-20-11-9-16-5-1-3-7-18(16)13-20)24(28)26(23)21-12-10-17-6-2-4-8-19(17)14-21/h1-14,22,25H,15H2/t22-/m0/s1. The summed E-state index contributed by atoms with van der Waals surface area (Å²) in [6, 6.07) is 27.0. The number of nitrogens with one attached hydrogen (secondary N) is 1. The highest BCUT2D eigenvalue weighted by molar-refractivity contribution is 6.23. The summed E-state index contributed by atoms with van der Waals surface area (Å²) < 4.78 is 0. The van der Waals surface area contributed by atoms with E-state index in [1.165, 1.54) is 4.90 Å². The minimum Gasteiger partial charge on any atom is -0.373 e. The van der Waals surface area contributed by atoms with E-state index in [4.69, 9.17) is 0 Å². The molecular weight excluding hydrogens is 348 g/mol. The first kappa shape index (κ1) is 16.5. The molecule has 1 aliphatic heterocycles. The summed E-state index contributed by atoms with van der Waals surface area (Å²) in [7, 11) is 0. The fraction of sp³-hybridized carbons (Fsp3) is 0.0833. The highest BCUT2D eigenvalue weighted by Crippen LogP contribution is 2.28. The maximum absolute atomic E-state index is 13.0. The van der Waals surface area contributed by atoms with Crippen molar-refractivity contribution in [1.82, 2.24) is 0 Å². The van der Waals surface area contributed by atoms with Crippen molar-refractivity contribution < 1.29 is 9.59 Å². The molecule has 0 aromatic heterocycles. The van der Waals surface area contributed by atoms with E-state index in [9.17, 15) is 9.59 Å². The predicted molar refractivity (Wildman–Crippen MR) is 112 cm³/mol. The Morgan fingerprint density at radius 1 is 0.714 bits per heavy atom. The zero-order chi connectivity index (χ0) is 19.1. The van der Waals surface area contributed by atoms with Gasteiger partial charge < -0.3 is 5.32 Å². The second-order valence-corrected chi connectivity index (χ2v) is 7.06. The van der Waals surface area contributed by atoms with Crippen molar-refractivity contribution >= 4 is 44.7 Å². The summed E-state index contributed by atoms with van der Waals surface area (Å²) in [4.78, 5) is 26.9. The van der Waals surface area contributed by atoms with E-state index >= 15 is 0 Å². The van der Waals surface area contributed by atoms with Crippen molar-refractivity contribution in [3.05, 3.63) is 84.9 Å². The van der Waals surface area contributed by atoms with Crippen LogP contribution in [0, 0.1) is 0 Å². The molecule has 1 N–H and O–H groups in total. The maximum Gasteiger partial charge on any atom is 0.256 e. The number of anilines is 2. The SMILES string of the molecule is O=C1C[C@H](Nc2ccc3ccccc3c2)C(=O)N1c1ccc2ccccc2c1. The maximum atomic E-state index is 13.0. The molecule has 0 spiro atoms. The summed E-state index contributed by atoms with van der Waals surface area (Å²) in [6.45, 7) is 0. The molecule has 4 aromatic carbocycles. The Balaban J connectivity index is 1.42. The summed E-state index contributed by atoms with van der Waals surface area (Å²) in [5, 5.41) is 7.56. The lowest BCUT2D eigenvalue weighted by atomic mass is 10.1. The second kappa shape index (κ2) is 6.50. The third-order valence-electron chi connectivity index (χ3n) is 5.23. The number of hydrogen-bond donors (Lipinski definition) is 1. The Kier molecular flexibility index (Phi) is 3.83. The lowest BCUT2D eigenvalue weighted by Crippen LogP contribution is -2.34. The Hall–Kier alpha value is -3.66. The van der Waals surface area contributed by atoms with E-state index < -0.39 is 6.04 Å². The van der Waals surface area contributed by atoms with Crippen molar-refractivity contribution in [2.45, 2.75) is 12.5 Å². The Labute approximate surface area is 162 Å². The first-order valence-electron chi connectivity index (χ1n) is 9.30. The minimum atomic E-state index is -0.555. The highest BCUT2D eigenvalue weighted by atomic mass is 16.2. The van der Waals surface area contributed by atoms with Gasteiger partial charge in [-0.05, 0) is 45.8 Å². The van der Waals surface area contributed by atoms with Gasteiger partial charge in [0.2, 0.25) is 5.91 Å². The van der Waals surface area contributed by atoms with Crippen LogP contribution in [-0.4, -0.2) is 17.9 Å². The quantitative estimate of drug-likeness (QED) is 0.533. The van der Waals surface area contributed by atoms with Crippen LogP contribution in [0.1, 0.15) is 6.42 Å². The molecule has 4 nitrogen and oxygen atoms in total. The number of amides is 2. The van der Waals surface area contributed by atoms with Gasteiger partial charge in [0.15, 0.2) is 0 Å². The molecule has 136 valence electrons. The number of hydrogen-bond acceptors (Lipinski definition) is 3. The van der Waals surface area contributed by atoms with Gasteiger partial charge in [-0.2, -0.15) is 0 Å². The van der Waals surface area contributed by atoms with Crippen LogP contribution < -0.4 is 10.2 Å². The molecule has 0 aliphatic carbocycles. The third kappa shape index (κ3) is 2.79. The number of nitrogens with zero attached hydrogens (tertiary/aromatic N) is 1. The van der Waals surface area contributed by atoms with Gasteiger partial charge in [-0.1, -0.05) is 60.7 Å². The lowest BCUT2D eigenvalue weighted by Gasteiger charge is -2.17. The van der Waals surface area contributed by atoms with Crippen molar-refractivity contribution in [3.63, 3.8) is 0 Å². The smallest absolute Gasteiger partial charge is 0.256 e. The highest BCUT2D eigenvalue weighted by Gasteiger charge is 2.39. The molecule has 0 bridgehead atoms. The van der Waals surface area contributed by atoms with Crippen LogP contribution >= 0.6 is 0 Å². The van der Waals surface area contributed by atoms with Crippen LogP contribution in [0.2, 0.25) is 0 Å². The zero-order valence-electron chi connectivity index (χ0n) is 15.1. The third-order valence-corrected chi connectivity index (χ3v) is 5.23. The monoisotopic (exact) mass is 366 g/mol. The molecule has 1 saturated heterocycles. The average molecular weight is 366 g/mol. The van der Waals surface area contributed by atoms with Gasteiger partial charge in [0, 0.05) is 5.69 Å². The molecule has 5 rings (SSSR count). The van der Waals surface area contributed by atoms with Gasteiger partial charge in [-0.3, -0.25) is 9.59 Å². The summed E-state index contributed by atoms with van der Waals surface area (Å²) in [5.41, 5.74) is 1.46. The van der Waals surface area contributed by atoms with Crippen LogP contribution in [0.15, 0.2) is 84.9 Å². The van der Waals surface area contributed by atoms with Crippen molar-refractivity contribution in [1.29, 1.82) is 0 Å². The molecule has 0 saturated carbocycles. The topological polar surface area (TPSA) is 49.4 Å². The Morgan fingerprint density at radius 3 is 2.04 bits per heavy atom. The number of fused-ring (bicyclic) bond motifs is 2. The van der Waals surface area contributed by atoms with Crippen molar-refractivity contribution in [2.24, 2.45) is 0 Å². The predicted octanol–water partition coefficient (Wildman–Crippen LogP) is 4.74. The first-order valence-corrected chi connectivity index (χ1v) is 9.30. The van der Waals surface area contributed by atoms with Crippen LogP contribution in [0.5, 0.6) is 0 Å². The number of benzene rings is 4. The van der Waals surface area contributed by atoms with E-state index in [1.807, 2.05) is 84.9 Å². The van der Waals surface area contributed by atoms with Crippen molar-refractivity contribution in [2.75, 3.05) is 10.2 Å². The van der Waals surface area contributed by atoms with Crippen LogP contribution in [-0.2, 0) is 9.59 Å². The fourth-order valence-corrected chi connectivity index (χ4v) is 3.81. The number of rotatable bonds is 3. The van der Waals surface area contributed by atoms with Gasteiger partial charge in [0.05, 0.1) is 12.1 Å². The first-order chi connectivity index (χ1) is 13.7. The normalized spacial score (nSPS) is 16.9. The zero-order valence-corrected chi connectivity index (χ0v) is 15.1. The van der Waals surface area contributed by atoms with Gasteiger partial charge in [-0.25, -0.2) is 4.90 Å². The van der Waals surface area contributed by atoms with E-state index in [0.717, 1.165) is 27.2 Å². The molecule has 4 heteroatoms. The van der Waals surface area contributed by atoms with Crippen LogP contribution in [0.3, 0.4) is 0 Å². The summed E-state index contributed by atoms with van der Waals surface area (Å²) >= 11 is 0. The van der Waals surface area contributed by atoms with E-state index in [-0.39, 0.29) is 18.2 Å². The molecule has 2 amide bonds. The lowest BCUT2D eigenvalue weighted by molar-refractivity contribution is -0.121. The number of carbonyl (C=O) groups is 2.